The lowest BCUT2D eigenvalue weighted by Gasteiger charge is -2.29. The Hall–Kier alpha value is -3.81. The van der Waals surface area contributed by atoms with Crippen molar-refractivity contribution in [2.75, 3.05) is 18.4 Å². The number of anilines is 1. The van der Waals surface area contributed by atoms with Gasteiger partial charge >= 0.3 is 0 Å². The van der Waals surface area contributed by atoms with Gasteiger partial charge in [0.25, 0.3) is 5.89 Å². The van der Waals surface area contributed by atoms with Gasteiger partial charge in [-0.25, -0.2) is 9.97 Å². The van der Waals surface area contributed by atoms with Crippen LogP contribution in [0.1, 0.15) is 31.7 Å². The summed E-state index contributed by atoms with van der Waals surface area (Å²) in [5.41, 5.74) is 2.68. The number of carbonyl (C=O) groups excluding carboxylic acids is 1. The number of hydrogen-bond donors (Lipinski definition) is 1. The van der Waals surface area contributed by atoms with Crippen molar-refractivity contribution >= 4 is 22.6 Å². The Bertz CT molecular complexity index is 1300. The van der Waals surface area contributed by atoms with E-state index in [9.17, 15) is 4.79 Å². The highest BCUT2D eigenvalue weighted by atomic mass is 16.4. The summed E-state index contributed by atoms with van der Waals surface area (Å²) < 4.78 is 5.91. The van der Waals surface area contributed by atoms with E-state index >= 15 is 0 Å². The second-order valence-corrected chi connectivity index (χ2v) is 8.45. The van der Waals surface area contributed by atoms with E-state index in [0.717, 1.165) is 48.0 Å². The summed E-state index contributed by atoms with van der Waals surface area (Å²) in [5, 5.41) is 12.5. The monoisotopic (exact) mass is 442 g/mol. The van der Waals surface area contributed by atoms with Gasteiger partial charge in [0.15, 0.2) is 0 Å². The molecule has 1 unspecified atom stereocenters. The number of aryl methyl sites for hydroxylation is 1. The maximum Gasteiger partial charge on any atom is 0.286 e. The number of nitrogens with zero attached hydrogens (tertiary/aromatic N) is 5. The number of piperidine rings is 1. The fraction of sp³-hybridized carbons (Fsp3) is 0.320. The second-order valence-electron chi connectivity index (χ2n) is 8.45. The summed E-state index contributed by atoms with van der Waals surface area (Å²) in [6.07, 6.45) is 3.29. The molecule has 0 aliphatic carbocycles. The van der Waals surface area contributed by atoms with Gasteiger partial charge in [-0.05, 0) is 57.4 Å². The van der Waals surface area contributed by atoms with Crippen molar-refractivity contribution in [3.8, 4) is 23.2 Å². The Labute approximate surface area is 192 Å². The van der Waals surface area contributed by atoms with Crippen LogP contribution < -0.4 is 5.32 Å². The van der Waals surface area contributed by atoms with Crippen molar-refractivity contribution in [1.82, 2.24) is 25.1 Å². The van der Waals surface area contributed by atoms with Crippen LogP contribution in [0, 0.1) is 6.92 Å². The Morgan fingerprint density at radius 2 is 1.79 bits per heavy atom. The molecule has 8 nitrogen and oxygen atoms in total. The zero-order chi connectivity index (χ0) is 22.8. The minimum Gasteiger partial charge on any atom is -0.413 e. The summed E-state index contributed by atoms with van der Waals surface area (Å²) in [6, 6.07) is 15.1. The summed E-state index contributed by atoms with van der Waals surface area (Å²) in [7, 11) is 0. The maximum absolute atomic E-state index is 13.0. The maximum atomic E-state index is 13.0. The normalized spacial score (nSPS) is 14.9. The molecule has 1 aliphatic rings. The minimum atomic E-state index is -0.417. The molecule has 8 heteroatoms. The quantitative estimate of drug-likeness (QED) is 0.487. The van der Waals surface area contributed by atoms with Crippen LogP contribution in [-0.4, -0.2) is 50.1 Å². The van der Waals surface area contributed by atoms with Crippen LogP contribution in [0.3, 0.4) is 0 Å². The molecule has 1 atom stereocenters. The van der Waals surface area contributed by atoms with Crippen molar-refractivity contribution < 1.29 is 9.21 Å². The van der Waals surface area contributed by atoms with Crippen LogP contribution in [0.2, 0.25) is 0 Å². The lowest BCUT2D eigenvalue weighted by molar-refractivity contribution is -0.132. The van der Waals surface area contributed by atoms with Crippen molar-refractivity contribution in [2.24, 2.45) is 0 Å². The molecule has 168 valence electrons. The highest BCUT2D eigenvalue weighted by Gasteiger charge is 2.24. The number of rotatable bonds is 5. The molecule has 2 aromatic carbocycles. The molecule has 1 aliphatic heterocycles. The lowest BCUT2D eigenvalue weighted by atomic mass is 10.1. The summed E-state index contributed by atoms with van der Waals surface area (Å²) in [4.78, 5) is 24.2. The Morgan fingerprint density at radius 1 is 1.00 bits per heavy atom. The van der Waals surface area contributed by atoms with Crippen molar-refractivity contribution in [1.29, 1.82) is 0 Å². The van der Waals surface area contributed by atoms with Crippen LogP contribution in [-0.2, 0) is 4.79 Å². The first-order valence-electron chi connectivity index (χ1n) is 11.3. The Balaban J connectivity index is 1.47. The molecule has 1 N–H and O–H groups in total. The number of aromatic nitrogens is 4. The highest BCUT2D eigenvalue weighted by molar-refractivity contribution is 5.93. The van der Waals surface area contributed by atoms with Crippen LogP contribution in [0.5, 0.6) is 0 Å². The van der Waals surface area contributed by atoms with Crippen LogP contribution in [0.25, 0.3) is 34.1 Å². The zero-order valence-electron chi connectivity index (χ0n) is 18.8. The van der Waals surface area contributed by atoms with Crippen molar-refractivity contribution in [2.45, 2.75) is 39.2 Å². The molecule has 0 spiro atoms. The molecular weight excluding hydrogens is 416 g/mol. The van der Waals surface area contributed by atoms with Gasteiger partial charge in [0.1, 0.15) is 11.9 Å². The lowest BCUT2D eigenvalue weighted by Crippen LogP contribution is -2.44. The van der Waals surface area contributed by atoms with E-state index in [0.29, 0.717) is 17.5 Å². The molecule has 0 saturated carbocycles. The molecular formula is C25H26N6O2. The predicted octanol–water partition coefficient (Wildman–Crippen LogP) is 4.47. The van der Waals surface area contributed by atoms with Gasteiger partial charge in [-0.2, -0.15) is 0 Å². The molecule has 4 aromatic rings. The zero-order valence-corrected chi connectivity index (χ0v) is 18.8. The van der Waals surface area contributed by atoms with E-state index in [1.165, 1.54) is 6.42 Å². The molecule has 0 bridgehead atoms. The number of carbonyl (C=O) groups is 1. The average molecular weight is 443 g/mol. The third kappa shape index (κ3) is 4.41. The van der Waals surface area contributed by atoms with Crippen LogP contribution >= 0.6 is 0 Å². The minimum absolute atomic E-state index is 0.0819. The summed E-state index contributed by atoms with van der Waals surface area (Å²) in [6.45, 7) is 5.50. The number of hydrogen-bond acceptors (Lipinski definition) is 7. The number of benzene rings is 2. The van der Waals surface area contributed by atoms with Crippen molar-refractivity contribution in [3.63, 3.8) is 0 Å². The summed E-state index contributed by atoms with van der Waals surface area (Å²) in [5.74, 6) is 1.62. The van der Waals surface area contributed by atoms with Gasteiger partial charge in [0, 0.05) is 24.0 Å². The topological polar surface area (TPSA) is 97.0 Å². The van der Waals surface area contributed by atoms with Crippen molar-refractivity contribution in [3.05, 3.63) is 54.1 Å². The van der Waals surface area contributed by atoms with E-state index in [-0.39, 0.29) is 11.8 Å². The molecule has 1 saturated heterocycles. The van der Waals surface area contributed by atoms with Gasteiger partial charge in [-0.1, -0.05) is 29.8 Å². The first-order valence-corrected chi connectivity index (χ1v) is 11.3. The van der Waals surface area contributed by atoms with E-state index in [2.05, 4.69) is 25.5 Å². The highest BCUT2D eigenvalue weighted by Crippen LogP contribution is 2.27. The van der Waals surface area contributed by atoms with E-state index in [1.807, 2.05) is 67.3 Å². The predicted molar refractivity (Wildman–Crippen MR) is 127 cm³/mol. The molecule has 33 heavy (non-hydrogen) atoms. The SMILES string of the molecule is Cc1cccc(-c2nnc(-c3nc(NC(C)C(=O)N4CCCCC4)c4ccccc4n3)o2)c1. The second kappa shape index (κ2) is 8.97. The molecule has 3 heterocycles. The molecule has 5 rings (SSSR count). The number of fused-ring (bicyclic) bond motifs is 1. The summed E-state index contributed by atoms with van der Waals surface area (Å²) >= 11 is 0. The Morgan fingerprint density at radius 3 is 2.61 bits per heavy atom. The third-order valence-electron chi connectivity index (χ3n) is 5.88. The van der Waals surface area contributed by atoms with Gasteiger partial charge in [-0.3, -0.25) is 4.79 Å². The molecule has 1 amide bonds. The van der Waals surface area contributed by atoms with E-state index in [4.69, 9.17) is 4.42 Å². The van der Waals surface area contributed by atoms with E-state index in [1.54, 1.807) is 0 Å². The fourth-order valence-corrected chi connectivity index (χ4v) is 4.15. The fourth-order valence-electron chi connectivity index (χ4n) is 4.15. The average Bonchev–Trinajstić information content (AvgIpc) is 3.34. The van der Waals surface area contributed by atoms with Gasteiger partial charge in [0.2, 0.25) is 17.6 Å². The molecule has 1 fully saturated rings. The number of likely N-dealkylation sites (tertiary alicyclic amines) is 1. The number of para-hydroxylation sites is 1. The van der Waals surface area contributed by atoms with Crippen LogP contribution in [0.4, 0.5) is 5.82 Å². The first kappa shape index (κ1) is 21.1. The van der Waals surface area contributed by atoms with Gasteiger partial charge in [-0.15, -0.1) is 10.2 Å². The third-order valence-corrected chi connectivity index (χ3v) is 5.88. The number of nitrogens with one attached hydrogen (secondary N) is 1. The van der Waals surface area contributed by atoms with Gasteiger partial charge < -0.3 is 14.6 Å². The largest absolute Gasteiger partial charge is 0.413 e. The van der Waals surface area contributed by atoms with E-state index < -0.39 is 6.04 Å². The smallest absolute Gasteiger partial charge is 0.286 e. The standard InChI is InChI=1S/C25H26N6O2/c1-16-9-8-10-18(15-16)23-29-30-24(33-23)22-27-20-12-5-4-11-19(20)21(28-22)26-17(2)25(32)31-13-6-3-7-14-31/h4-5,8-12,15,17H,3,6-7,13-14H2,1-2H3,(H,26,27,28). The number of amides is 1. The van der Waals surface area contributed by atoms with Gasteiger partial charge in [0.05, 0.1) is 5.52 Å². The van der Waals surface area contributed by atoms with Crippen LogP contribution in [0.15, 0.2) is 52.9 Å². The Kier molecular flexibility index (Phi) is 5.73. The molecule has 0 radical (unpaired) electrons. The molecule has 2 aromatic heterocycles. The first-order chi connectivity index (χ1) is 16.1.